The summed E-state index contributed by atoms with van der Waals surface area (Å²) in [7, 11) is 1.63. The molecule has 3 rings (SSSR count). The first-order valence-electron chi connectivity index (χ1n) is 7.72. The molecule has 0 aliphatic carbocycles. The summed E-state index contributed by atoms with van der Waals surface area (Å²) in [4.78, 5) is 13.2. The number of hydrogen-bond donors (Lipinski definition) is 0. The van der Waals surface area contributed by atoms with Gasteiger partial charge in [-0.15, -0.1) is 0 Å². The van der Waals surface area contributed by atoms with Gasteiger partial charge in [-0.05, 0) is 12.0 Å². The van der Waals surface area contributed by atoms with Crippen LogP contribution in [0.15, 0.2) is 42.7 Å². The van der Waals surface area contributed by atoms with Gasteiger partial charge in [-0.2, -0.15) is 0 Å². The fourth-order valence-electron chi connectivity index (χ4n) is 2.75. The predicted molar refractivity (Wildman–Crippen MR) is 87.4 cm³/mol. The van der Waals surface area contributed by atoms with Crippen molar-refractivity contribution in [2.24, 2.45) is 0 Å². The van der Waals surface area contributed by atoms with Crippen LogP contribution in [0.5, 0.6) is 5.88 Å². The molecule has 2 aromatic rings. The van der Waals surface area contributed by atoms with Gasteiger partial charge >= 0.3 is 0 Å². The van der Waals surface area contributed by atoms with E-state index < -0.39 is 0 Å². The molecule has 0 bridgehead atoms. The van der Waals surface area contributed by atoms with Crippen molar-refractivity contribution in [2.45, 2.75) is 6.42 Å². The molecule has 1 aromatic carbocycles. The van der Waals surface area contributed by atoms with Crippen LogP contribution < -0.4 is 9.64 Å². The highest BCUT2D eigenvalue weighted by molar-refractivity contribution is 5.41. The number of ether oxygens (including phenoxy) is 1. The topological polar surface area (TPSA) is 41.5 Å². The van der Waals surface area contributed by atoms with Gasteiger partial charge < -0.3 is 9.64 Å². The molecule has 1 aliphatic heterocycles. The second kappa shape index (κ2) is 7.22. The number of aromatic nitrogens is 2. The van der Waals surface area contributed by atoms with Crippen molar-refractivity contribution in [3.05, 3.63) is 48.3 Å². The van der Waals surface area contributed by atoms with Gasteiger partial charge in [-0.25, -0.2) is 9.97 Å². The largest absolute Gasteiger partial charge is 0.481 e. The molecule has 1 fully saturated rings. The first-order chi connectivity index (χ1) is 10.8. The molecule has 5 heteroatoms. The number of rotatable bonds is 5. The molecule has 0 N–H and O–H groups in total. The smallest absolute Gasteiger partial charge is 0.218 e. The molecule has 1 aliphatic rings. The van der Waals surface area contributed by atoms with Crippen molar-refractivity contribution in [3.8, 4) is 5.88 Å². The summed E-state index contributed by atoms with van der Waals surface area (Å²) in [6, 6.07) is 12.6. The van der Waals surface area contributed by atoms with E-state index in [4.69, 9.17) is 4.74 Å². The normalized spacial score (nSPS) is 15.8. The Kier molecular flexibility index (Phi) is 4.85. The lowest BCUT2D eigenvalue weighted by Crippen LogP contribution is -2.47. The molecular weight excluding hydrogens is 276 g/mol. The number of piperazine rings is 1. The van der Waals surface area contributed by atoms with Crippen molar-refractivity contribution >= 4 is 5.82 Å². The summed E-state index contributed by atoms with van der Waals surface area (Å²) in [6.07, 6.45) is 2.68. The van der Waals surface area contributed by atoms with Crippen LogP contribution in [0.3, 0.4) is 0 Å². The monoisotopic (exact) mass is 298 g/mol. The molecule has 1 saturated heterocycles. The van der Waals surface area contributed by atoms with Crippen LogP contribution in [0.25, 0.3) is 0 Å². The first kappa shape index (κ1) is 14.8. The molecule has 22 heavy (non-hydrogen) atoms. The fourth-order valence-corrected chi connectivity index (χ4v) is 2.75. The average molecular weight is 298 g/mol. The van der Waals surface area contributed by atoms with Gasteiger partial charge in [0.2, 0.25) is 5.88 Å². The number of anilines is 1. The molecule has 5 nitrogen and oxygen atoms in total. The Morgan fingerprint density at radius 3 is 2.55 bits per heavy atom. The maximum Gasteiger partial charge on any atom is 0.218 e. The van der Waals surface area contributed by atoms with E-state index >= 15 is 0 Å². The molecular formula is C17H22N4O. The van der Waals surface area contributed by atoms with E-state index in [1.807, 2.05) is 6.07 Å². The molecule has 0 unspecified atom stereocenters. The molecule has 1 aromatic heterocycles. The second-order valence-corrected chi connectivity index (χ2v) is 5.48. The summed E-state index contributed by atoms with van der Waals surface area (Å²) in [6.45, 7) is 5.24. The van der Waals surface area contributed by atoms with Gasteiger partial charge in [0, 0.05) is 38.8 Å². The van der Waals surface area contributed by atoms with Gasteiger partial charge in [-0.1, -0.05) is 30.3 Å². The average Bonchev–Trinajstić information content (AvgIpc) is 2.61. The Labute approximate surface area is 131 Å². The van der Waals surface area contributed by atoms with Crippen molar-refractivity contribution < 1.29 is 4.74 Å². The van der Waals surface area contributed by atoms with E-state index in [9.17, 15) is 0 Å². The number of hydrogen-bond acceptors (Lipinski definition) is 5. The molecule has 0 radical (unpaired) electrons. The summed E-state index contributed by atoms with van der Waals surface area (Å²) in [5.41, 5.74) is 1.41. The Balaban J connectivity index is 1.49. The number of benzene rings is 1. The quantitative estimate of drug-likeness (QED) is 0.842. The summed E-state index contributed by atoms with van der Waals surface area (Å²) < 4.78 is 5.17. The van der Waals surface area contributed by atoms with E-state index in [0.717, 1.165) is 45.0 Å². The molecule has 0 atom stereocenters. The number of methoxy groups -OCH3 is 1. The predicted octanol–water partition coefficient (Wildman–Crippen LogP) is 1.85. The minimum absolute atomic E-state index is 0.622. The fraction of sp³-hybridized carbons (Fsp3) is 0.412. The van der Waals surface area contributed by atoms with Gasteiger partial charge in [0.25, 0.3) is 0 Å². The van der Waals surface area contributed by atoms with Crippen molar-refractivity contribution in [1.82, 2.24) is 14.9 Å². The van der Waals surface area contributed by atoms with Gasteiger partial charge in [-0.3, -0.25) is 4.90 Å². The lowest BCUT2D eigenvalue weighted by Gasteiger charge is -2.35. The van der Waals surface area contributed by atoms with Crippen LogP contribution in [0.2, 0.25) is 0 Å². The Morgan fingerprint density at radius 1 is 1.05 bits per heavy atom. The standard InChI is InChI=1S/C17H22N4O/c1-22-17-13-16(18-14-19-17)21-11-9-20(10-12-21)8-7-15-5-3-2-4-6-15/h2-6,13-14H,7-12H2,1H3. The van der Waals surface area contributed by atoms with Crippen LogP contribution in [0, 0.1) is 0 Å². The van der Waals surface area contributed by atoms with Crippen LogP contribution in [0.1, 0.15) is 5.56 Å². The lowest BCUT2D eigenvalue weighted by molar-refractivity contribution is 0.260. The summed E-state index contributed by atoms with van der Waals surface area (Å²) in [5, 5.41) is 0. The van der Waals surface area contributed by atoms with E-state index in [1.54, 1.807) is 13.4 Å². The van der Waals surface area contributed by atoms with Crippen molar-refractivity contribution in [2.75, 3.05) is 44.7 Å². The highest BCUT2D eigenvalue weighted by Crippen LogP contribution is 2.17. The first-order valence-corrected chi connectivity index (χ1v) is 7.72. The SMILES string of the molecule is COc1cc(N2CCN(CCc3ccccc3)CC2)ncn1. The zero-order valence-corrected chi connectivity index (χ0v) is 13.0. The zero-order valence-electron chi connectivity index (χ0n) is 13.0. The van der Waals surface area contributed by atoms with Crippen molar-refractivity contribution in [1.29, 1.82) is 0 Å². The highest BCUT2D eigenvalue weighted by Gasteiger charge is 2.18. The molecule has 0 amide bonds. The Morgan fingerprint density at radius 2 is 1.82 bits per heavy atom. The molecule has 2 heterocycles. The zero-order chi connectivity index (χ0) is 15.2. The van der Waals surface area contributed by atoms with Gasteiger partial charge in [0.1, 0.15) is 12.1 Å². The maximum absolute atomic E-state index is 5.17. The highest BCUT2D eigenvalue weighted by atomic mass is 16.5. The van der Waals surface area contributed by atoms with E-state index in [1.165, 1.54) is 5.56 Å². The summed E-state index contributed by atoms with van der Waals surface area (Å²) >= 11 is 0. The second-order valence-electron chi connectivity index (χ2n) is 5.48. The summed E-state index contributed by atoms with van der Waals surface area (Å²) in [5.74, 6) is 1.58. The molecule has 0 saturated carbocycles. The molecule has 116 valence electrons. The third kappa shape index (κ3) is 3.74. The third-order valence-electron chi connectivity index (χ3n) is 4.09. The van der Waals surface area contributed by atoms with E-state index in [-0.39, 0.29) is 0 Å². The van der Waals surface area contributed by atoms with Crippen LogP contribution in [-0.4, -0.2) is 54.7 Å². The van der Waals surface area contributed by atoms with E-state index in [0.29, 0.717) is 5.88 Å². The van der Waals surface area contributed by atoms with Crippen LogP contribution in [-0.2, 0) is 6.42 Å². The minimum atomic E-state index is 0.622. The molecule has 0 spiro atoms. The van der Waals surface area contributed by atoms with Crippen LogP contribution >= 0.6 is 0 Å². The lowest BCUT2D eigenvalue weighted by atomic mass is 10.1. The maximum atomic E-state index is 5.17. The number of nitrogens with zero attached hydrogens (tertiary/aromatic N) is 4. The van der Waals surface area contributed by atoms with E-state index in [2.05, 4.69) is 50.1 Å². The third-order valence-corrected chi connectivity index (χ3v) is 4.09. The van der Waals surface area contributed by atoms with Crippen molar-refractivity contribution in [3.63, 3.8) is 0 Å². The van der Waals surface area contributed by atoms with Gasteiger partial charge in [0.05, 0.1) is 7.11 Å². The van der Waals surface area contributed by atoms with Gasteiger partial charge in [0.15, 0.2) is 0 Å². The Bertz CT molecular complexity index is 582. The Hall–Kier alpha value is -2.14. The van der Waals surface area contributed by atoms with Crippen LogP contribution in [0.4, 0.5) is 5.82 Å². The minimum Gasteiger partial charge on any atom is -0.481 e.